The lowest BCUT2D eigenvalue weighted by Gasteiger charge is -2.33. The van der Waals surface area contributed by atoms with E-state index < -0.39 is 11.6 Å². The van der Waals surface area contributed by atoms with Gasteiger partial charge in [-0.3, -0.25) is 5.43 Å². The Balaban J connectivity index is 1.76. The first kappa shape index (κ1) is 15.2. The van der Waals surface area contributed by atoms with Gasteiger partial charge in [0, 0.05) is 37.4 Å². The van der Waals surface area contributed by atoms with Gasteiger partial charge in [-0.2, -0.15) is 0 Å². The zero-order chi connectivity index (χ0) is 14.4. The van der Waals surface area contributed by atoms with E-state index in [-0.39, 0.29) is 6.04 Å². The van der Waals surface area contributed by atoms with Crippen molar-refractivity contribution in [2.45, 2.75) is 38.6 Å². The monoisotopic (exact) mass is 283 g/mol. The predicted octanol–water partition coefficient (Wildman–Crippen LogP) is 3.15. The first-order valence-corrected chi connectivity index (χ1v) is 7.38. The number of nitrogens with one attached hydrogen (secondary N) is 2. The van der Waals surface area contributed by atoms with Gasteiger partial charge in [0.2, 0.25) is 0 Å². The molecule has 0 aliphatic carbocycles. The Morgan fingerprint density at radius 1 is 1.15 bits per heavy atom. The van der Waals surface area contributed by atoms with E-state index in [0.717, 1.165) is 38.5 Å². The Hall–Kier alpha value is -1.20. The summed E-state index contributed by atoms with van der Waals surface area (Å²) >= 11 is 0. The van der Waals surface area contributed by atoms with Crippen molar-refractivity contribution in [2.75, 3.05) is 25.0 Å². The van der Waals surface area contributed by atoms with Gasteiger partial charge >= 0.3 is 0 Å². The van der Waals surface area contributed by atoms with Crippen LogP contribution in [0.4, 0.5) is 14.5 Å². The second kappa shape index (κ2) is 7.55. The molecule has 0 atom stereocenters. The molecular weight excluding hydrogens is 260 g/mol. The second-order valence-corrected chi connectivity index (χ2v) is 5.33. The first-order valence-electron chi connectivity index (χ1n) is 7.38. The zero-order valence-electron chi connectivity index (χ0n) is 12.0. The van der Waals surface area contributed by atoms with E-state index in [1.54, 1.807) is 0 Å². The maximum Gasteiger partial charge on any atom is 0.128 e. The number of hydrogen-bond donors (Lipinski definition) is 2. The number of piperidine rings is 1. The van der Waals surface area contributed by atoms with Crippen LogP contribution in [-0.4, -0.2) is 30.7 Å². The Morgan fingerprint density at radius 2 is 1.80 bits per heavy atom. The van der Waals surface area contributed by atoms with E-state index in [1.807, 2.05) is 0 Å². The minimum atomic E-state index is -0.536. The van der Waals surface area contributed by atoms with Crippen LogP contribution in [-0.2, 0) is 0 Å². The molecule has 1 heterocycles. The van der Waals surface area contributed by atoms with Gasteiger partial charge in [0.15, 0.2) is 0 Å². The fourth-order valence-electron chi connectivity index (χ4n) is 2.47. The van der Waals surface area contributed by atoms with Crippen LogP contribution < -0.4 is 10.7 Å². The molecule has 20 heavy (non-hydrogen) atoms. The van der Waals surface area contributed by atoms with Gasteiger partial charge in [0.05, 0.1) is 0 Å². The molecule has 0 unspecified atom stereocenters. The fraction of sp³-hybridized carbons (Fsp3) is 0.600. The van der Waals surface area contributed by atoms with Crippen LogP contribution in [0.2, 0.25) is 0 Å². The largest absolute Gasteiger partial charge is 0.382 e. The minimum Gasteiger partial charge on any atom is -0.382 e. The summed E-state index contributed by atoms with van der Waals surface area (Å²) in [4.78, 5) is 0. The summed E-state index contributed by atoms with van der Waals surface area (Å²) in [5, 5.41) is 5.45. The number of anilines is 1. The number of benzene rings is 1. The Kier molecular flexibility index (Phi) is 5.73. The predicted molar refractivity (Wildman–Crippen MR) is 77.5 cm³/mol. The maximum atomic E-state index is 13.1. The molecule has 1 aliphatic rings. The van der Waals surface area contributed by atoms with Crippen molar-refractivity contribution >= 4 is 5.69 Å². The molecule has 2 N–H and O–H groups in total. The third kappa shape index (κ3) is 4.72. The fourth-order valence-corrected chi connectivity index (χ4v) is 2.47. The third-order valence-corrected chi connectivity index (χ3v) is 3.59. The van der Waals surface area contributed by atoms with Crippen LogP contribution in [0, 0.1) is 11.6 Å². The van der Waals surface area contributed by atoms with E-state index in [9.17, 15) is 8.78 Å². The van der Waals surface area contributed by atoms with Crippen molar-refractivity contribution in [1.82, 2.24) is 10.4 Å². The molecule has 5 heteroatoms. The Morgan fingerprint density at radius 3 is 2.40 bits per heavy atom. The minimum absolute atomic E-state index is 0.278. The molecule has 0 bridgehead atoms. The zero-order valence-corrected chi connectivity index (χ0v) is 12.0. The number of rotatable bonds is 6. The average Bonchev–Trinajstić information content (AvgIpc) is 2.40. The summed E-state index contributed by atoms with van der Waals surface area (Å²) in [6.07, 6.45) is 4.31. The summed E-state index contributed by atoms with van der Waals surface area (Å²) in [7, 11) is 0. The van der Waals surface area contributed by atoms with Crippen LogP contribution in [0.5, 0.6) is 0 Å². The highest BCUT2D eigenvalue weighted by molar-refractivity contribution is 5.44. The quantitative estimate of drug-likeness (QED) is 0.785. The van der Waals surface area contributed by atoms with Crippen molar-refractivity contribution in [2.24, 2.45) is 0 Å². The molecule has 0 saturated carbocycles. The van der Waals surface area contributed by atoms with Gasteiger partial charge < -0.3 is 5.32 Å². The number of hydrazine groups is 1. The average molecular weight is 283 g/mol. The van der Waals surface area contributed by atoms with E-state index >= 15 is 0 Å². The van der Waals surface area contributed by atoms with Crippen molar-refractivity contribution in [3.05, 3.63) is 29.8 Å². The molecule has 1 saturated heterocycles. The highest BCUT2D eigenvalue weighted by Gasteiger charge is 2.18. The lowest BCUT2D eigenvalue weighted by Crippen LogP contribution is -2.46. The third-order valence-electron chi connectivity index (χ3n) is 3.59. The van der Waals surface area contributed by atoms with Gasteiger partial charge in [0.25, 0.3) is 0 Å². The van der Waals surface area contributed by atoms with Crippen LogP contribution >= 0.6 is 0 Å². The molecule has 0 aromatic heterocycles. The van der Waals surface area contributed by atoms with Crippen molar-refractivity contribution in [3.8, 4) is 0 Å². The molecule has 2 rings (SSSR count). The van der Waals surface area contributed by atoms with Crippen LogP contribution in [0.25, 0.3) is 0 Å². The number of unbranched alkanes of at least 4 members (excludes halogenated alkanes) is 1. The first-order chi connectivity index (χ1) is 9.67. The summed E-state index contributed by atoms with van der Waals surface area (Å²) < 4.78 is 26.2. The molecule has 0 radical (unpaired) electrons. The van der Waals surface area contributed by atoms with Crippen LogP contribution in [0.3, 0.4) is 0 Å². The summed E-state index contributed by atoms with van der Waals surface area (Å²) in [5.41, 5.74) is 3.94. The molecule has 1 aliphatic heterocycles. The molecular formula is C15H23F2N3. The lowest BCUT2D eigenvalue weighted by atomic mass is 10.1. The number of nitrogens with zero attached hydrogens (tertiary/aromatic N) is 1. The van der Waals surface area contributed by atoms with E-state index in [4.69, 9.17) is 0 Å². The van der Waals surface area contributed by atoms with Crippen molar-refractivity contribution in [3.63, 3.8) is 0 Å². The summed E-state index contributed by atoms with van der Waals surface area (Å²) in [5.74, 6) is -1.07. The highest BCUT2D eigenvalue weighted by Crippen LogP contribution is 2.18. The maximum absolute atomic E-state index is 13.1. The van der Waals surface area contributed by atoms with Gasteiger partial charge in [-0.25, -0.2) is 13.8 Å². The highest BCUT2D eigenvalue weighted by atomic mass is 19.1. The Bertz CT molecular complexity index is 397. The van der Waals surface area contributed by atoms with Gasteiger partial charge in [-0.15, -0.1) is 0 Å². The standard InChI is InChI=1S/C15H23F2N3/c1-2-3-6-18-20-7-4-14(5-8-20)19-15-10-12(16)9-13(17)11-15/h9-11,14,18-19H,2-8H2,1H3. The van der Waals surface area contributed by atoms with Gasteiger partial charge in [0.1, 0.15) is 11.6 Å². The molecule has 1 aromatic rings. The van der Waals surface area contributed by atoms with Crippen LogP contribution in [0.1, 0.15) is 32.6 Å². The lowest BCUT2D eigenvalue weighted by molar-refractivity contribution is 0.147. The van der Waals surface area contributed by atoms with Crippen molar-refractivity contribution in [1.29, 1.82) is 0 Å². The van der Waals surface area contributed by atoms with E-state index in [0.29, 0.717) is 5.69 Å². The smallest absolute Gasteiger partial charge is 0.128 e. The Labute approximate surface area is 119 Å². The summed E-state index contributed by atoms with van der Waals surface area (Å²) in [6, 6.07) is 3.86. The SMILES string of the molecule is CCCCNN1CCC(Nc2cc(F)cc(F)c2)CC1. The molecule has 0 amide bonds. The van der Waals surface area contributed by atoms with Gasteiger partial charge in [-0.05, 0) is 31.4 Å². The topological polar surface area (TPSA) is 27.3 Å². The van der Waals surface area contributed by atoms with E-state index in [1.165, 1.54) is 25.0 Å². The van der Waals surface area contributed by atoms with E-state index in [2.05, 4.69) is 22.7 Å². The normalized spacial score (nSPS) is 17.4. The van der Waals surface area contributed by atoms with Crippen molar-refractivity contribution < 1.29 is 8.78 Å². The molecule has 0 spiro atoms. The molecule has 1 aromatic carbocycles. The summed E-state index contributed by atoms with van der Waals surface area (Å²) in [6.45, 7) is 5.11. The van der Waals surface area contributed by atoms with Gasteiger partial charge in [-0.1, -0.05) is 13.3 Å². The molecule has 112 valence electrons. The molecule has 3 nitrogen and oxygen atoms in total. The second-order valence-electron chi connectivity index (χ2n) is 5.33. The number of halogens is 2. The van der Waals surface area contributed by atoms with Crippen LogP contribution in [0.15, 0.2) is 18.2 Å². The molecule has 1 fully saturated rings. The number of hydrogen-bond acceptors (Lipinski definition) is 3.